The molecule has 1 aliphatic rings. The molecule has 0 bridgehead atoms. The van der Waals surface area contributed by atoms with Gasteiger partial charge < -0.3 is 8.94 Å². The fourth-order valence-electron chi connectivity index (χ4n) is 3.46. The molecule has 1 saturated heterocycles. The van der Waals surface area contributed by atoms with E-state index < -0.39 is 0 Å². The highest BCUT2D eigenvalue weighted by molar-refractivity contribution is 5.61. The maximum atomic E-state index is 5.61. The summed E-state index contributed by atoms with van der Waals surface area (Å²) in [5, 5.41) is 4.13. The summed E-state index contributed by atoms with van der Waals surface area (Å²) in [6.07, 6.45) is 3.92. The van der Waals surface area contributed by atoms with Crippen LogP contribution in [-0.4, -0.2) is 21.6 Å². The number of hydrogen-bond donors (Lipinski definition) is 0. The lowest BCUT2D eigenvalue weighted by molar-refractivity contribution is 0.201. The summed E-state index contributed by atoms with van der Waals surface area (Å²) < 4.78 is 11.2. The van der Waals surface area contributed by atoms with Crippen LogP contribution in [0.25, 0.3) is 11.3 Å². The molecule has 2 aromatic heterocycles. The first kappa shape index (κ1) is 16.1. The molecule has 25 heavy (non-hydrogen) atoms. The Labute approximate surface area is 147 Å². The van der Waals surface area contributed by atoms with E-state index in [2.05, 4.69) is 53.2 Å². The number of nitrogens with zero attached hydrogens (tertiary/aromatic N) is 3. The Morgan fingerprint density at radius 3 is 2.84 bits per heavy atom. The molecule has 3 aromatic rings. The van der Waals surface area contributed by atoms with Gasteiger partial charge in [0.1, 0.15) is 5.76 Å². The molecule has 1 aliphatic heterocycles. The van der Waals surface area contributed by atoms with Gasteiger partial charge in [0.15, 0.2) is 5.82 Å². The van der Waals surface area contributed by atoms with Gasteiger partial charge in [0, 0.05) is 18.0 Å². The summed E-state index contributed by atoms with van der Waals surface area (Å²) in [5.41, 5.74) is 2.40. The zero-order valence-electron chi connectivity index (χ0n) is 14.7. The van der Waals surface area contributed by atoms with E-state index in [1.165, 1.54) is 5.56 Å². The van der Waals surface area contributed by atoms with Gasteiger partial charge in [-0.05, 0) is 37.1 Å². The highest BCUT2D eigenvalue weighted by Gasteiger charge is 2.31. The van der Waals surface area contributed by atoms with E-state index in [1.54, 1.807) is 6.26 Å². The van der Waals surface area contributed by atoms with Crippen molar-refractivity contribution in [2.45, 2.75) is 45.2 Å². The number of likely N-dealkylation sites (tertiary alicyclic amines) is 1. The van der Waals surface area contributed by atoms with E-state index in [-0.39, 0.29) is 12.0 Å². The Hall–Kier alpha value is -2.40. The predicted octanol–water partition coefficient (Wildman–Crippen LogP) is 4.79. The van der Waals surface area contributed by atoms with Crippen molar-refractivity contribution >= 4 is 0 Å². The largest absolute Gasteiger partial charge is 0.464 e. The molecule has 4 rings (SSSR count). The molecule has 5 heteroatoms. The first-order valence-corrected chi connectivity index (χ1v) is 8.91. The fourth-order valence-corrected chi connectivity index (χ4v) is 3.46. The highest BCUT2D eigenvalue weighted by atomic mass is 16.5. The van der Waals surface area contributed by atoms with Crippen molar-refractivity contribution in [1.29, 1.82) is 0 Å². The molecule has 1 atom stereocenters. The van der Waals surface area contributed by atoms with E-state index in [4.69, 9.17) is 8.94 Å². The van der Waals surface area contributed by atoms with Gasteiger partial charge in [-0.1, -0.05) is 43.3 Å². The lowest BCUT2D eigenvalue weighted by atomic mass is 10.0. The van der Waals surface area contributed by atoms with Crippen molar-refractivity contribution in [1.82, 2.24) is 15.0 Å². The van der Waals surface area contributed by atoms with Crippen molar-refractivity contribution in [3.63, 3.8) is 0 Å². The second-order valence-electron chi connectivity index (χ2n) is 6.91. The van der Waals surface area contributed by atoms with E-state index >= 15 is 0 Å². The van der Waals surface area contributed by atoms with Crippen LogP contribution in [-0.2, 0) is 6.54 Å². The third kappa shape index (κ3) is 3.24. The Morgan fingerprint density at radius 2 is 2.08 bits per heavy atom. The number of hydrogen-bond acceptors (Lipinski definition) is 5. The molecular weight excluding hydrogens is 314 g/mol. The smallest absolute Gasteiger partial charge is 0.244 e. The van der Waals surface area contributed by atoms with Crippen molar-refractivity contribution in [2.75, 3.05) is 6.54 Å². The van der Waals surface area contributed by atoms with Gasteiger partial charge in [0.2, 0.25) is 5.89 Å². The molecule has 0 N–H and O–H groups in total. The number of furan rings is 1. The lowest BCUT2D eigenvalue weighted by Crippen LogP contribution is -2.23. The molecule has 130 valence electrons. The molecule has 1 fully saturated rings. The van der Waals surface area contributed by atoms with Gasteiger partial charge in [-0.25, -0.2) is 0 Å². The van der Waals surface area contributed by atoms with E-state index in [9.17, 15) is 0 Å². The fraction of sp³-hybridized carbons (Fsp3) is 0.400. The van der Waals surface area contributed by atoms with Crippen LogP contribution in [0.2, 0.25) is 0 Å². The average molecular weight is 337 g/mol. The van der Waals surface area contributed by atoms with Gasteiger partial charge >= 0.3 is 0 Å². The number of rotatable bonds is 5. The second-order valence-corrected chi connectivity index (χ2v) is 6.91. The zero-order valence-corrected chi connectivity index (χ0v) is 14.7. The van der Waals surface area contributed by atoms with Crippen LogP contribution in [0.3, 0.4) is 0 Å². The van der Waals surface area contributed by atoms with E-state index in [0.29, 0.717) is 0 Å². The van der Waals surface area contributed by atoms with Crippen molar-refractivity contribution < 1.29 is 8.94 Å². The molecule has 5 nitrogen and oxygen atoms in total. The maximum absolute atomic E-state index is 5.61. The van der Waals surface area contributed by atoms with Crippen molar-refractivity contribution in [2.24, 2.45) is 0 Å². The molecule has 0 spiro atoms. The molecule has 0 saturated carbocycles. The maximum Gasteiger partial charge on any atom is 0.244 e. The number of benzene rings is 1. The van der Waals surface area contributed by atoms with Crippen LogP contribution in [0, 0.1) is 0 Å². The molecule has 0 amide bonds. The second kappa shape index (κ2) is 6.84. The average Bonchev–Trinajstić information content (AvgIpc) is 3.36. The topological polar surface area (TPSA) is 55.3 Å². The minimum Gasteiger partial charge on any atom is -0.464 e. The first-order valence-electron chi connectivity index (χ1n) is 8.91. The molecule has 3 heterocycles. The van der Waals surface area contributed by atoms with Gasteiger partial charge in [0.25, 0.3) is 0 Å². The molecule has 0 aliphatic carbocycles. The Kier molecular flexibility index (Phi) is 4.40. The predicted molar refractivity (Wildman–Crippen MR) is 94.9 cm³/mol. The van der Waals surface area contributed by atoms with Crippen LogP contribution in [0.1, 0.15) is 55.9 Å². The van der Waals surface area contributed by atoms with E-state index in [1.807, 2.05) is 12.1 Å². The lowest BCUT2D eigenvalue weighted by Gasteiger charge is -2.22. The number of aromatic nitrogens is 2. The normalized spacial score (nSPS) is 18.3. The van der Waals surface area contributed by atoms with Crippen molar-refractivity contribution in [3.8, 4) is 11.3 Å². The summed E-state index contributed by atoms with van der Waals surface area (Å²) in [4.78, 5) is 7.05. The summed E-state index contributed by atoms with van der Waals surface area (Å²) in [6.45, 7) is 6.05. The van der Waals surface area contributed by atoms with Gasteiger partial charge in [0.05, 0.1) is 12.3 Å². The minimum atomic E-state index is 0.199. The van der Waals surface area contributed by atoms with E-state index in [0.717, 1.165) is 49.0 Å². The van der Waals surface area contributed by atoms with Gasteiger partial charge in [-0.15, -0.1) is 0 Å². The summed E-state index contributed by atoms with van der Waals surface area (Å²) in [7, 11) is 0. The third-order valence-electron chi connectivity index (χ3n) is 4.80. The zero-order chi connectivity index (χ0) is 17.2. The SMILES string of the molecule is CC(C)c1noc([C@H]2CCCN2Cc2ccccc2-c2ccco2)n1. The van der Waals surface area contributed by atoms with Crippen molar-refractivity contribution in [3.05, 3.63) is 59.9 Å². The summed E-state index contributed by atoms with van der Waals surface area (Å²) in [5.74, 6) is 2.73. The monoisotopic (exact) mass is 337 g/mol. The molecular formula is C20H23N3O2. The van der Waals surface area contributed by atoms with Gasteiger partial charge in [-0.2, -0.15) is 4.98 Å². The Bertz CT molecular complexity index is 823. The van der Waals surface area contributed by atoms with Crippen LogP contribution in [0.5, 0.6) is 0 Å². The minimum absolute atomic E-state index is 0.199. The quantitative estimate of drug-likeness (QED) is 0.670. The Morgan fingerprint density at radius 1 is 1.20 bits per heavy atom. The van der Waals surface area contributed by atoms with Crippen LogP contribution < -0.4 is 0 Å². The Balaban J connectivity index is 1.58. The molecule has 0 unspecified atom stereocenters. The van der Waals surface area contributed by atoms with Crippen LogP contribution >= 0.6 is 0 Å². The highest BCUT2D eigenvalue weighted by Crippen LogP contribution is 2.34. The summed E-state index contributed by atoms with van der Waals surface area (Å²) >= 11 is 0. The van der Waals surface area contributed by atoms with Crippen LogP contribution in [0.4, 0.5) is 0 Å². The standard InChI is InChI=1S/C20H23N3O2/c1-14(2)19-21-20(25-22-19)17-9-5-11-23(17)13-15-7-3-4-8-16(15)18-10-6-12-24-18/h3-4,6-8,10,12,14,17H,5,9,11,13H2,1-2H3/t17-/m1/s1. The summed E-state index contributed by atoms with van der Waals surface area (Å²) in [6, 6.07) is 12.5. The van der Waals surface area contributed by atoms with Crippen LogP contribution in [0.15, 0.2) is 51.6 Å². The molecule has 0 radical (unpaired) electrons. The molecule has 1 aromatic carbocycles. The first-order chi connectivity index (χ1) is 12.2. The third-order valence-corrected chi connectivity index (χ3v) is 4.80. The van der Waals surface area contributed by atoms with Gasteiger partial charge in [-0.3, -0.25) is 4.90 Å².